The second-order valence-electron chi connectivity index (χ2n) is 6.02. The number of anilines is 1. The van der Waals surface area contributed by atoms with Crippen LogP contribution in [0.4, 0.5) is 5.82 Å². The number of nitrogens with zero attached hydrogens (tertiary/aromatic N) is 3. The number of nitrogens with two attached hydrogens (primary N) is 1. The smallest absolute Gasteiger partial charge is 0.239 e. The molecule has 1 amide bonds. The molecule has 1 saturated heterocycles. The van der Waals surface area contributed by atoms with Gasteiger partial charge in [0.25, 0.3) is 0 Å². The first-order valence-corrected chi connectivity index (χ1v) is 8.40. The number of carbonyl (C=O) groups is 1. The maximum atomic E-state index is 12.0. The molecule has 0 spiro atoms. The van der Waals surface area contributed by atoms with Crippen LogP contribution in [-0.2, 0) is 4.79 Å². The third-order valence-corrected chi connectivity index (χ3v) is 4.58. The number of benzene rings is 1. The van der Waals surface area contributed by atoms with E-state index >= 15 is 0 Å². The van der Waals surface area contributed by atoms with Gasteiger partial charge >= 0.3 is 0 Å². The van der Waals surface area contributed by atoms with Crippen molar-refractivity contribution in [2.45, 2.75) is 13.0 Å². The summed E-state index contributed by atoms with van der Waals surface area (Å²) in [7, 11) is 0. The minimum absolute atomic E-state index is 0.334. The Morgan fingerprint density at radius 2 is 1.79 bits per heavy atom. The first-order valence-electron chi connectivity index (χ1n) is 8.02. The Labute approximate surface area is 147 Å². The van der Waals surface area contributed by atoms with Crippen LogP contribution >= 0.6 is 11.6 Å². The molecule has 1 aliphatic rings. The highest BCUT2D eigenvalue weighted by molar-refractivity contribution is 6.30. The summed E-state index contributed by atoms with van der Waals surface area (Å²) in [5, 5.41) is 0.650. The Bertz CT molecular complexity index is 711. The number of amides is 1. The van der Waals surface area contributed by atoms with Crippen molar-refractivity contribution in [1.82, 2.24) is 9.88 Å². The second kappa shape index (κ2) is 7.20. The number of pyridine rings is 1. The third-order valence-electron chi connectivity index (χ3n) is 4.33. The molecule has 0 bridgehead atoms. The Morgan fingerprint density at radius 3 is 2.38 bits per heavy atom. The van der Waals surface area contributed by atoms with E-state index in [9.17, 15) is 4.79 Å². The summed E-state index contributed by atoms with van der Waals surface area (Å²) in [6.45, 7) is 5.13. The van der Waals surface area contributed by atoms with Crippen LogP contribution in [0, 0.1) is 6.92 Å². The zero-order chi connectivity index (χ0) is 17.1. The van der Waals surface area contributed by atoms with Crippen molar-refractivity contribution in [1.29, 1.82) is 0 Å². The molecule has 2 N–H and O–H groups in total. The van der Waals surface area contributed by atoms with E-state index in [0.29, 0.717) is 5.02 Å². The minimum atomic E-state index is -0.421. The molecule has 0 saturated carbocycles. The number of hydrogen-bond acceptors (Lipinski definition) is 4. The highest BCUT2D eigenvalue weighted by Gasteiger charge is 2.29. The van der Waals surface area contributed by atoms with E-state index in [0.717, 1.165) is 43.3 Å². The maximum absolute atomic E-state index is 12.0. The number of aryl methyl sites for hydroxylation is 1. The molecule has 6 heteroatoms. The van der Waals surface area contributed by atoms with E-state index < -0.39 is 6.04 Å². The first-order chi connectivity index (χ1) is 11.5. The highest BCUT2D eigenvalue weighted by atomic mass is 35.5. The number of primary amides is 1. The van der Waals surface area contributed by atoms with Crippen LogP contribution in [-0.4, -0.2) is 42.0 Å². The normalized spacial score (nSPS) is 16.8. The molecule has 2 aromatic rings. The number of aromatic nitrogens is 1. The van der Waals surface area contributed by atoms with Crippen LogP contribution in [0.5, 0.6) is 0 Å². The van der Waals surface area contributed by atoms with Gasteiger partial charge in [-0.15, -0.1) is 0 Å². The number of carbonyl (C=O) groups excluding carboxylic acids is 1. The molecule has 126 valence electrons. The van der Waals surface area contributed by atoms with Gasteiger partial charge in [0.1, 0.15) is 11.9 Å². The van der Waals surface area contributed by atoms with Crippen LogP contribution in [0.2, 0.25) is 5.02 Å². The van der Waals surface area contributed by atoms with Crippen molar-refractivity contribution in [2.24, 2.45) is 5.73 Å². The quantitative estimate of drug-likeness (QED) is 0.925. The van der Waals surface area contributed by atoms with Gasteiger partial charge in [-0.05, 0) is 36.8 Å². The maximum Gasteiger partial charge on any atom is 0.239 e. The number of piperazine rings is 1. The van der Waals surface area contributed by atoms with Gasteiger partial charge in [-0.3, -0.25) is 9.69 Å². The Balaban J connectivity index is 1.72. The molecule has 1 fully saturated rings. The average Bonchev–Trinajstić information content (AvgIpc) is 2.57. The molecule has 1 aliphatic heterocycles. The monoisotopic (exact) mass is 344 g/mol. The average molecular weight is 345 g/mol. The lowest BCUT2D eigenvalue weighted by Crippen LogP contribution is -2.50. The standard InChI is InChI=1S/C18H21ClN4O/c1-13-3-2-4-16(21-13)22-9-11-23(12-10-22)17(18(20)24)14-5-7-15(19)8-6-14/h2-8,17H,9-12H2,1H3,(H2,20,24)/t17-/m1/s1. The predicted molar refractivity (Wildman–Crippen MR) is 96.1 cm³/mol. The molecule has 0 radical (unpaired) electrons. The van der Waals surface area contributed by atoms with Gasteiger partial charge in [-0.25, -0.2) is 4.98 Å². The minimum Gasteiger partial charge on any atom is -0.368 e. The lowest BCUT2D eigenvalue weighted by Gasteiger charge is -2.38. The molecular weight excluding hydrogens is 324 g/mol. The molecule has 1 aromatic carbocycles. The number of rotatable bonds is 4. The fourth-order valence-electron chi connectivity index (χ4n) is 3.11. The van der Waals surface area contributed by atoms with Gasteiger partial charge in [-0.2, -0.15) is 0 Å². The van der Waals surface area contributed by atoms with E-state index in [4.69, 9.17) is 17.3 Å². The van der Waals surface area contributed by atoms with Gasteiger partial charge in [-0.1, -0.05) is 29.8 Å². The Kier molecular flexibility index (Phi) is 5.02. The van der Waals surface area contributed by atoms with Crippen LogP contribution in [0.3, 0.4) is 0 Å². The lowest BCUT2D eigenvalue weighted by molar-refractivity contribution is -0.123. The van der Waals surface area contributed by atoms with Crippen molar-refractivity contribution < 1.29 is 4.79 Å². The summed E-state index contributed by atoms with van der Waals surface area (Å²) in [6.07, 6.45) is 0. The summed E-state index contributed by atoms with van der Waals surface area (Å²) >= 11 is 5.94. The van der Waals surface area contributed by atoms with Crippen molar-refractivity contribution in [2.75, 3.05) is 31.1 Å². The second-order valence-corrected chi connectivity index (χ2v) is 6.45. The van der Waals surface area contributed by atoms with E-state index in [-0.39, 0.29) is 5.91 Å². The Hall–Kier alpha value is -2.11. The van der Waals surface area contributed by atoms with Gasteiger partial charge in [0.15, 0.2) is 0 Å². The Morgan fingerprint density at radius 1 is 1.12 bits per heavy atom. The molecular formula is C18H21ClN4O. The summed E-state index contributed by atoms with van der Waals surface area (Å²) in [4.78, 5) is 20.9. The first kappa shape index (κ1) is 16.7. The SMILES string of the molecule is Cc1cccc(N2CCN([C@@H](C(N)=O)c3ccc(Cl)cc3)CC2)n1. The van der Waals surface area contributed by atoms with Crippen molar-refractivity contribution in [3.63, 3.8) is 0 Å². The van der Waals surface area contributed by atoms with Gasteiger partial charge < -0.3 is 10.6 Å². The van der Waals surface area contributed by atoms with E-state index in [2.05, 4.69) is 14.8 Å². The zero-order valence-corrected chi connectivity index (χ0v) is 14.4. The largest absolute Gasteiger partial charge is 0.368 e. The predicted octanol–water partition coefficient (Wildman–Crippen LogP) is 2.39. The van der Waals surface area contributed by atoms with E-state index in [1.165, 1.54) is 0 Å². The summed E-state index contributed by atoms with van der Waals surface area (Å²) in [5.74, 6) is 0.649. The summed E-state index contributed by atoms with van der Waals surface area (Å²) in [6, 6.07) is 12.9. The fraction of sp³-hybridized carbons (Fsp3) is 0.333. The highest BCUT2D eigenvalue weighted by Crippen LogP contribution is 2.24. The number of hydrogen-bond donors (Lipinski definition) is 1. The number of halogens is 1. The molecule has 5 nitrogen and oxygen atoms in total. The molecule has 1 aromatic heterocycles. The van der Waals surface area contributed by atoms with Gasteiger partial charge in [0.2, 0.25) is 5.91 Å². The van der Waals surface area contributed by atoms with E-state index in [1.54, 1.807) is 12.1 Å². The third kappa shape index (κ3) is 3.68. The zero-order valence-electron chi connectivity index (χ0n) is 13.7. The lowest BCUT2D eigenvalue weighted by atomic mass is 10.0. The van der Waals surface area contributed by atoms with Crippen LogP contribution < -0.4 is 10.6 Å². The van der Waals surface area contributed by atoms with Crippen molar-refractivity contribution in [3.8, 4) is 0 Å². The molecule has 1 atom stereocenters. The summed E-state index contributed by atoms with van der Waals surface area (Å²) < 4.78 is 0. The fourth-order valence-corrected chi connectivity index (χ4v) is 3.24. The van der Waals surface area contributed by atoms with Crippen molar-refractivity contribution >= 4 is 23.3 Å². The topological polar surface area (TPSA) is 62.5 Å². The van der Waals surface area contributed by atoms with Crippen LogP contribution in [0.25, 0.3) is 0 Å². The van der Waals surface area contributed by atoms with Gasteiger partial charge in [0.05, 0.1) is 0 Å². The summed E-state index contributed by atoms with van der Waals surface area (Å²) in [5.41, 5.74) is 7.55. The van der Waals surface area contributed by atoms with Crippen LogP contribution in [0.1, 0.15) is 17.3 Å². The van der Waals surface area contributed by atoms with E-state index in [1.807, 2.05) is 37.3 Å². The van der Waals surface area contributed by atoms with Crippen LogP contribution in [0.15, 0.2) is 42.5 Å². The molecule has 2 heterocycles. The molecule has 3 rings (SSSR count). The molecule has 24 heavy (non-hydrogen) atoms. The molecule has 0 aliphatic carbocycles. The van der Waals surface area contributed by atoms with Crippen molar-refractivity contribution in [3.05, 3.63) is 58.7 Å². The molecule has 0 unspecified atom stereocenters. The van der Waals surface area contributed by atoms with Gasteiger partial charge in [0, 0.05) is 36.9 Å².